The molecule has 4 rings (SSSR count). The Morgan fingerprint density at radius 3 is 3.05 bits per heavy atom. The quantitative estimate of drug-likeness (QED) is 0.818. The predicted molar refractivity (Wildman–Crippen MR) is 65.7 cm³/mol. The van der Waals surface area contributed by atoms with Crippen molar-refractivity contribution in [3.63, 3.8) is 0 Å². The molecule has 2 aromatic rings. The van der Waals surface area contributed by atoms with Crippen molar-refractivity contribution in [2.24, 2.45) is 0 Å². The minimum absolute atomic E-state index is 0.277. The molecule has 1 aromatic heterocycles. The third kappa shape index (κ3) is 1.76. The second-order valence-electron chi connectivity index (χ2n) is 4.63. The van der Waals surface area contributed by atoms with Gasteiger partial charge in [-0.05, 0) is 18.6 Å². The van der Waals surface area contributed by atoms with E-state index >= 15 is 0 Å². The minimum atomic E-state index is 0.277. The molecule has 1 fully saturated rings. The van der Waals surface area contributed by atoms with E-state index in [4.69, 9.17) is 14.2 Å². The fourth-order valence-electron chi connectivity index (χ4n) is 2.48. The van der Waals surface area contributed by atoms with Crippen molar-refractivity contribution in [3.8, 4) is 17.2 Å². The lowest BCUT2D eigenvalue weighted by molar-refractivity contribution is 0.174. The van der Waals surface area contributed by atoms with Crippen LogP contribution in [0.15, 0.2) is 24.5 Å². The summed E-state index contributed by atoms with van der Waals surface area (Å²) < 4.78 is 18.0. The zero-order valence-electron chi connectivity index (χ0n) is 10.3. The van der Waals surface area contributed by atoms with E-state index in [-0.39, 0.29) is 6.79 Å². The van der Waals surface area contributed by atoms with Crippen LogP contribution in [-0.4, -0.2) is 34.8 Å². The van der Waals surface area contributed by atoms with Crippen LogP contribution in [0.2, 0.25) is 0 Å². The van der Waals surface area contributed by atoms with E-state index in [1.807, 2.05) is 22.9 Å². The van der Waals surface area contributed by atoms with Crippen LogP contribution in [0.1, 0.15) is 18.2 Å². The Hall–Kier alpha value is -2.08. The molecule has 0 unspecified atom stereocenters. The molecule has 1 atom stereocenters. The third-order valence-electron chi connectivity index (χ3n) is 3.47. The Kier molecular flexibility index (Phi) is 2.41. The highest BCUT2D eigenvalue weighted by Crippen LogP contribution is 2.34. The lowest BCUT2D eigenvalue weighted by Crippen LogP contribution is -2.09. The maximum Gasteiger partial charge on any atom is 0.231 e. The second kappa shape index (κ2) is 4.24. The fraction of sp³-hybridized carbons (Fsp3) is 0.385. The van der Waals surface area contributed by atoms with Crippen LogP contribution in [0.4, 0.5) is 0 Å². The summed E-state index contributed by atoms with van der Waals surface area (Å²) in [6.07, 6.45) is 2.57. The maximum absolute atomic E-state index is 5.42. The zero-order chi connectivity index (χ0) is 12.7. The van der Waals surface area contributed by atoms with E-state index in [0.29, 0.717) is 12.5 Å². The molecule has 3 heterocycles. The Bertz CT molecular complexity index is 605. The monoisotopic (exact) mass is 259 g/mol. The SMILES string of the molecule is c1nc([C@H]2CCOC2)n(-c2ccc3c(c2)OCO3)n1. The number of fused-ring (bicyclic) bond motifs is 1. The lowest BCUT2D eigenvalue weighted by Gasteiger charge is -2.10. The number of benzene rings is 1. The number of rotatable bonds is 2. The molecule has 0 amide bonds. The summed E-state index contributed by atoms with van der Waals surface area (Å²) in [6, 6.07) is 5.78. The van der Waals surface area contributed by atoms with Gasteiger partial charge in [-0.3, -0.25) is 0 Å². The average Bonchev–Trinajstić information content (AvgIpc) is 3.18. The largest absolute Gasteiger partial charge is 0.454 e. The van der Waals surface area contributed by atoms with Gasteiger partial charge in [-0.15, -0.1) is 0 Å². The van der Waals surface area contributed by atoms with Crippen LogP contribution >= 0.6 is 0 Å². The van der Waals surface area contributed by atoms with Gasteiger partial charge in [0.05, 0.1) is 12.3 Å². The first-order valence-electron chi connectivity index (χ1n) is 6.29. The number of aromatic nitrogens is 3. The van der Waals surface area contributed by atoms with Gasteiger partial charge < -0.3 is 14.2 Å². The summed E-state index contributed by atoms with van der Waals surface area (Å²) in [5, 5.41) is 4.31. The Labute approximate surface area is 109 Å². The fourth-order valence-corrected chi connectivity index (χ4v) is 2.48. The van der Waals surface area contributed by atoms with E-state index in [1.54, 1.807) is 6.33 Å². The molecule has 0 spiro atoms. The van der Waals surface area contributed by atoms with Crippen LogP contribution in [0.5, 0.6) is 11.5 Å². The third-order valence-corrected chi connectivity index (χ3v) is 3.47. The molecule has 0 radical (unpaired) electrons. The van der Waals surface area contributed by atoms with Crippen molar-refractivity contribution in [1.29, 1.82) is 0 Å². The number of nitrogens with zero attached hydrogens (tertiary/aromatic N) is 3. The first-order valence-corrected chi connectivity index (χ1v) is 6.29. The summed E-state index contributed by atoms with van der Waals surface area (Å²) >= 11 is 0. The molecule has 19 heavy (non-hydrogen) atoms. The lowest BCUT2D eigenvalue weighted by atomic mass is 10.1. The minimum Gasteiger partial charge on any atom is -0.454 e. The molecular weight excluding hydrogens is 246 g/mol. The smallest absolute Gasteiger partial charge is 0.231 e. The number of ether oxygens (including phenoxy) is 3. The van der Waals surface area contributed by atoms with Crippen molar-refractivity contribution >= 4 is 0 Å². The topological polar surface area (TPSA) is 58.4 Å². The second-order valence-corrected chi connectivity index (χ2v) is 4.63. The van der Waals surface area contributed by atoms with Crippen molar-refractivity contribution < 1.29 is 14.2 Å². The van der Waals surface area contributed by atoms with Crippen LogP contribution in [0.3, 0.4) is 0 Å². The van der Waals surface area contributed by atoms with Crippen LogP contribution in [0, 0.1) is 0 Å². The highest BCUT2D eigenvalue weighted by Gasteiger charge is 2.24. The van der Waals surface area contributed by atoms with Crippen molar-refractivity contribution in [1.82, 2.24) is 14.8 Å². The van der Waals surface area contributed by atoms with Crippen LogP contribution < -0.4 is 9.47 Å². The summed E-state index contributed by atoms with van der Waals surface area (Å²) in [6.45, 7) is 1.78. The van der Waals surface area contributed by atoms with Gasteiger partial charge >= 0.3 is 0 Å². The molecule has 2 aliphatic heterocycles. The molecular formula is C13H13N3O3. The zero-order valence-corrected chi connectivity index (χ0v) is 10.3. The summed E-state index contributed by atoms with van der Waals surface area (Å²) in [4.78, 5) is 4.37. The van der Waals surface area contributed by atoms with Crippen molar-refractivity contribution in [2.45, 2.75) is 12.3 Å². The van der Waals surface area contributed by atoms with E-state index in [0.717, 1.165) is 36.0 Å². The Morgan fingerprint density at radius 2 is 2.16 bits per heavy atom. The van der Waals surface area contributed by atoms with Gasteiger partial charge in [-0.1, -0.05) is 0 Å². The number of hydrogen-bond donors (Lipinski definition) is 0. The Balaban J connectivity index is 1.74. The molecule has 0 bridgehead atoms. The molecule has 98 valence electrons. The molecule has 1 saturated heterocycles. The molecule has 0 N–H and O–H groups in total. The normalized spacial score (nSPS) is 20.9. The highest BCUT2D eigenvalue weighted by molar-refractivity contribution is 5.50. The van der Waals surface area contributed by atoms with E-state index < -0.39 is 0 Å². The van der Waals surface area contributed by atoms with Crippen molar-refractivity contribution in [2.75, 3.05) is 20.0 Å². The van der Waals surface area contributed by atoms with Crippen LogP contribution in [0.25, 0.3) is 5.69 Å². The summed E-state index contributed by atoms with van der Waals surface area (Å²) in [7, 11) is 0. The molecule has 0 saturated carbocycles. The standard InChI is InChI=1S/C13H13N3O3/c1-2-11-12(19-8-18-11)5-10(1)16-13(14-7-15-16)9-3-4-17-6-9/h1-2,5,7,9H,3-4,6,8H2/t9-/m0/s1. The van der Waals surface area contributed by atoms with Crippen LogP contribution in [-0.2, 0) is 4.74 Å². The number of hydrogen-bond acceptors (Lipinski definition) is 5. The predicted octanol–water partition coefficient (Wildman–Crippen LogP) is 1.50. The highest BCUT2D eigenvalue weighted by atomic mass is 16.7. The van der Waals surface area contributed by atoms with E-state index in [1.165, 1.54) is 0 Å². The summed E-state index contributed by atoms with van der Waals surface area (Å²) in [5.41, 5.74) is 0.934. The molecule has 2 aliphatic rings. The average molecular weight is 259 g/mol. The molecule has 1 aromatic carbocycles. The maximum atomic E-state index is 5.42. The van der Waals surface area contributed by atoms with Gasteiger partial charge in [0.2, 0.25) is 6.79 Å². The molecule has 6 nitrogen and oxygen atoms in total. The molecule has 0 aliphatic carbocycles. The van der Waals surface area contributed by atoms with Gasteiger partial charge in [0.1, 0.15) is 12.2 Å². The summed E-state index contributed by atoms with van der Waals surface area (Å²) in [5.74, 6) is 2.78. The Morgan fingerprint density at radius 1 is 1.21 bits per heavy atom. The first-order chi connectivity index (χ1) is 9.42. The van der Waals surface area contributed by atoms with Gasteiger partial charge in [-0.25, -0.2) is 9.67 Å². The molecule has 6 heteroatoms. The van der Waals surface area contributed by atoms with Gasteiger partial charge in [0.15, 0.2) is 11.5 Å². The van der Waals surface area contributed by atoms with Gasteiger partial charge in [-0.2, -0.15) is 5.10 Å². The van der Waals surface area contributed by atoms with Gasteiger partial charge in [0, 0.05) is 18.6 Å². The first kappa shape index (κ1) is 10.8. The van der Waals surface area contributed by atoms with Crippen molar-refractivity contribution in [3.05, 3.63) is 30.4 Å². The van der Waals surface area contributed by atoms with E-state index in [2.05, 4.69) is 10.1 Å². The van der Waals surface area contributed by atoms with E-state index in [9.17, 15) is 0 Å². The van der Waals surface area contributed by atoms with Gasteiger partial charge in [0.25, 0.3) is 0 Å².